The number of fused-ring (bicyclic) bond motifs is 1. The summed E-state index contributed by atoms with van der Waals surface area (Å²) in [5.74, 6) is -4.66. The molecule has 8 heteroatoms. The number of nitrogens with zero attached hydrogens (tertiary/aromatic N) is 2. The zero-order chi connectivity index (χ0) is 19.1. The van der Waals surface area contributed by atoms with E-state index in [4.69, 9.17) is 0 Å². The molecule has 0 spiro atoms. The van der Waals surface area contributed by atoms with E-state index in [1.165, 1.54) is 16.8 Å². The number of hydrogen-bond donors (Lipinski definition) is 1. The van der Waals surface area contributed by atoms with Crippen LogP contribution in [0.25, 0.3) is 5.69 Å². The topological polar surface area (TPSA) is 46.9 Å². The van der Waals surface area contributed by atoms with E-state index in [0.717, 1.165) is 36.4 Å². The maximum absolute atomic E-state index is 13.6. The Morgan fingerprint density at radius 3 is 2.33 bits per heavy atom. The number of anilines is 1. The number of hydrogen-bond acceptors (Lipinski definition) is 2. The van der Waals surface area contributed by atoms with Gasteiger partial charge in [-0.05, 0) is 43.5 Å². The highest BCUT2D eigenvalue weighted by Crippen LogP contribution is 2.29. The molecular weight excluding hydrogens is 362 g/mol. The SMILES string of the molecule is O=C(Nc1ccc(F)c(F)c1)c1nn(-c2ccc(F)c(F)c2)c2c1CCC2. The van der Waals surface area contributed by atoms with Crippen molar-refractivity contribution in [2.24, 2.45) is 0 Å². The number of aromatic nitrogens is 2. The second-order valence-electron chi connectivity index (χ2n) is 6.22. The van der Waals surface area contributed by atoms with Crippen molar-refractivity contribution >= 4 is 11.6 Å². The van der Waals surface area contributed by atoms with Crippen LogP contribution in [-0.2, 0) is 12.8 Å². The van der Waals surface area contributed by atoms with E-state index in [2.05, 4.69) is 10.4 Å². The Labute approximate surface area is 151 Å². The molecule has 4 rings (SSSR count). The molecule has 0 fully saturated rings. The second-order valence-corrected chi connectivity index (χ2v) is 6.22. The molecule has 0 radical (unpaired) electrons. The summed E-state index contributed by atoms with van der Waals surface area (Å²) in [4.78, 5) is 12.6. The first kappa shape index (κ1) is 17.3. The Morgan fingerprint density at radius 1 is 0.926 bits per heavy atom. The highest BCUT2D eigenvalue weighted by Gasteiger charge is 2.27. The molecule has 1 aromatic heterocycles. The lowest BCUT2D eigenvalue weighted by Gasteiger charge is -2.06. The number of amides is 1. The van der Waals surface area contributed by atoms with Crippen LogP contribution in [0.5, 0.6) is 0 Å². The minimum absolute atomic E-state index is 0.0908. The summed E-state index contributed by atoms with van der Waals surface area (Å²) in [5.41, 5.74) is 1.97. The molecule has 138 valence electrons. The lowest BCUT2D eigenvalue weighted by Crippen LogP contribution is -2.15. The number of nitrogens with one attached hydrogen (secondary N) is 1. The Bertz CT molecular complexity index is 1060. The fourth-order valence-corrected chi connectivity index (χ4v) is 3.21. The number of rotatable bonds is 3. The molecule has 1 N–H and O–H groups in total. The van der Waals surface area contributed by atoms with Gasteiger partial charge in [0.1, 0.15) is 0 Å². The highest BCUT2D eigenvalue weighted by atomic mass is 19.2. The summed E-state index contributed by atoms with van der Waals surface area (Å²) in [6.07, 6.45) is 2.04. The first-order valence-corrected chi connectivity index (χ1v) is 8.26. The van der Waals surface area contributed by atoms with Gasteiger partial charge >= 0.3 is 0 Å². The highest BCUT2D eigenvalue weighted by molar-refractivity contribution is 6.04. The molecule has 1 aliphatic carbocycles. The Morgan fingerprint density at radius 2 is 1.63 bits per heavy atom. The lowest BCUT2D eigenvalue weighted by atomic mass is 10.2. The van der Waals surface area contributed by atoms with Gasteiger partial charge in [0.25, 0.3) is 5.91 Å². The van der Waals surface area contributed by atoms with Crippen molar-refractivity contribution in [1.82, 2.24) is 9.78 Å². The van der Waals surface area contributed by atoms with Crippen LogP contribution >= 0.6 is 0 Å². The summed E-state index contributed by atoms with van der Waals surface area (Å²) in [6.45, 7) is 0. The normalized spacial score (nSPS) is 12.9. The van der Waals surface area contributed by atoms with Crippen LogP contribution in [0.2, 0.25) is 0 Å². The van der Waals surface area contributed by atoms with Gasteiger partial charge < -0.3 is 5.32 Å². The van der Waals surface area contributed by atoms with Crippen molar-refractivity contribution in [2.75, 3.05) is 5.32 Å². The zero-order valence-electron chi connectivity index (χ0n) is 13.9. The maximum Gasteiger partial charge on any atom is 0.276 e. The van der Waals surface area contributed by atoms with Crippen LogP contribution < -0.4 is 5.32 Å². The van der Waals surface area contributed by atoms with Crippen LogP contribution in [0.1, 0.15) is 28.2 Å². The van der Waals surface area contributed by atoms with E-state index < -0.39 is 29.2 Å². The lowest BCUT2D eigenvalue weighted by molar-refractivity contribution is 0.102. The molecular formula is C19H13F4N3O. The average molecular weight is 375 g/mol. The van der Waals surface area contributed by atoms with Crippen molar-refractivity contribution in [1.29, 1.82) is 0 Å². The fraction of sp³-hybridized carbons (Fsp3) is 0.158. The van der Waals surface area contributed by atoms with Crippen LogP contribution in [0.3, 0.4) is 0 Å². The number of benzene rings is 2. The third-order valence-corrected chi connectivity index (χ3v) is 4.47. The number of halogens is 4. The van der Waals surface area contributed by atoms with E-state index in [1.807, 2.05) is 0 Å². The van der Waals surface area contributed by atoms with Gasteiger partial charge in [0, 0.05) is 29.1 Å². The molecule has 3 aromatic rings. The zero-order valence-corrected chi connectivity index (χ0v) is 13.9. The summed E-state index contributed by atoms with van der Waals surface area (Å²) in [7, 11) is 0. The summed E-state index contributed by atoms with van der Waals surface area (Å²) in [5, 5.41) is 6.74. The van der Waals surface area contributed by atoms with Gasteiger partial charge in [0.2, 0.25) is 0 Å². The number of carbonyl (C=O) groups is 1. The fourth-order valence-electron chi connectivity index (χ4n) is 3.21. The minimum atomic E-state index is -1.08. The molecule has 0 saturated heterocycles. The van der Waals surface area contributed by atoms with Crippen molar-refractivity contribution in [2.45, 2.75) is 19.3 Å². The third kappa shape index (κ3) is 3.07. The van der Waals surface area contributed by atoms with E-state index in [-0.39, 0.29) is 11.4 Å². The average Bonchev–Trinajstić information content (AvgIpc) is 3.23. The van der Waals surface area contributed by atoms with E-state index in [0.29, 0.717) is 24.1 Å². The monoisotopic (exact) mass is 375 g/mol. The molecule has 1 aliphatic rings. The Hall–Kier alpha value is -3.16. The van der Waals surface area contributed by atoms with Gasteiger partial charge in [-0.25, -0.2) is 22.2 Å². The van der Waals surface area contributed by atoms with Crippen molar-refractivity contribution in [3.05, 3.63) is 76.6 Å². The molecule has 0 bridgehead atoms. The molecule has 1 amide bonds. The summed E-state index contributed by atoms with van der Waals surface area (Å²) in [6, 6.07) is 6.41. The maximum atomic E-state index is 13.6. The Kier molecular flexibility index (Phi) is 4.18. The van der Waals surface area contributed by atoms with Gasteiger partial charge in [-0.3, -0.25) is 4.79 Å². The first-order valence-electron chi connectivity index (χ1n) is 8.26. The van der Waals surface area contributed by atoms with Gasteiger partial charge in [0.15, 0.2) is 29.0 Å². The molecule has 27 heavy (non-hydrogen) atoms. The van der Waals surface area contributed by atoms with Crippen molar-refractivity contribution in [3.63, 3.8) is 0 Å². The smallest absolute Gasteiger partial charge is 0.276 e. The molecule has 0 saturated carbocycles. The van der Waals surface area contributed by atoms with E-state index >= 15 is 0 Å². The van der Waals surface area contributed by atoms with Gasteiger partial charge in [0.05, 0.1) is 5.69 Å². The van der Waals surface area contributed by atoms with Crippen LogP contribution in [-0.4, -0.2) is 15.7 Å². The molecule has 1 heterocycles. The third-order valence-electron chi connectivity index (χ3n) is 4.47. The van der Waals surface area contributed by atoms with Crippen LogP contribution in [0, 0.1) is 23.3 Å². The van der Waals surface area contributed by atoms with Crippen molar-refractivity contribution < 1.29 is 22.4 Å². The van der Waals surface area contributed by atoms with E-state index in [9.17, 15) is 22.4 Å². The van der Waals surface area contributed by atoms with Gasteiger partial charge in [-0.15, -0.1) is 0 Å². The molecule has 0 unspecified atom stereocenters. The standard InChI is InChI=1S/C19H13F4N3O/c20-13-6-4-10(8-15(13)22)24-19(27)18-12-2-1-3-17(12)26(25-18)11-5-7-14(21)16(23)9-11/h4-9H,1-3H2,(H,24,27). The summed E-state index contributed by atoms with van der Waals surface area (Å²) >= 11 is 0. The predicted octanol–water partition coefficient (Wildman–Crippen LogP) is 4.17. The molecule has 2 aromatic carbocycles. The quantitative estimate of drug-likeness (QED) is 0.699. The van der Waals surface area contributed by atoms with E-state index in [1.54, 1.807) is 0 Å². The van der Waals surface area contributed by atoms with Crippen LogP contribution in [0.4, 0.5) is 23.2 Å². The molecule has 4 nitrogen and oxygen atoms in total. The molecule has 0 aliphatic heterocycles. The van der Waals surface area contributed by atoms with Crippen molar-refractivity contribution in [3.8, 4) is 5.69 Å². The number of carbonyl (C=O) groups excluding carboxylic acids is 1. The molecule has 0 atom stereocenters. The van der Waals surface area contributed by atoms with Gasteiger partial charge in [-0.1, -0.05) is 0 Å². The predicted molar refractivity (Wildman–Crippen MR) is 89.8 cm³/mol. The van der Waals surface area contributed by atoms with Crippen LogP contribution in [0.15, 0.2) is 36.4 Å². The summed E-state index contributed by atoms with van der Waals surface area (Å²) < 4.78 is 54.6. The second kappa shape index (κ2) is 6.53. The first-order chi connectivity index (χ1) is 12.9. The van der Waals surface area contributed by atoms with Gasteiger partial charge in [-0.2, -0.15) is 5.10 Å². The minimum Gasteiger partial charge on any atom is -0.320 e. The largest absolute Gasteiger partial charge is 0.320 e. The Balaban J connectivity index is 1.70.